The molecule has 0 aliphatic carbocycles. The topological polar surface area (TPSA) is 78.3 Å². The van der Waals surface area contributed by atoms with Crippen molar-refractivity contribution in [2.75, 3.05) is 14.2 Å². The highest BCUT2D eigenvalue weighted by atomic mass is 32.2. The summed E-state index contributed by atoms with van der Waals surface area (Å²) in [4.78, 5) is 12.5. The number of nitrogens with one attached hydrogen (secondary N) is 1. The Morgan fingerprint density at radius 1 is 1.29 bits per heavy atom. The summed E-state index contributed by atoms with van der Waals surface area (Å²) >= 11 is 1.36. The fraction of sp³-hybridized carbons (Fsp3) is 0.438. The van der Waals surface area contributed by atoms with Crippen molar-refractivity contribution in [1.82, 2.24) is 20.1 Å². The van der Waals surface area contributed by atoms with Gasteiger partial charge in [-0.3, -0.25) is 4.79 Å². The maximum Gasteiger partial charge on any atom is 0.233 e. The van der Waals surface area contributed by atoms with Crippen molar-refractivity contribution < 1.29 is 14.3 Å². The predicted octanol–water partition coefficient (Wildman–Crippen LogP) is 2.19. The molecule has 2 atom stereocenters. The van der Waals surface area contributed by atoms with Crippen LogP contribution >= 0.6 is 11.8 Å². The predicted molar refractivity (Wildman–Crippen MR) is 92.4 cm³/mol. The zero-order valence-electron chi connectivity index (χ0n) is 14.4. The second-order valence-electron chi connectivity index (χ2n) is 5.32. The molecule has 0 spiro atoms. The summed E-state index contributed by atoms with van der Waals surface area (Å²) in [6.45, 7) is 3.75. The molecule has 0 radical (unpaired) electrons. The highest BCUT2D eigenvalue weighted by molar-refractivity contribution is 8.00. The van der Waals surface area contributed by atoms with Crippen LogP contribution in [0.1, 0.15) is 25.5 Å². The first kappa shape index (κ1) is 18.1. The third-order valence-corrected chi connectivity index (χ3v) is 4.73. The molecule has 2 aromatic rings. The molecule has 8 heteroatoms. The molecule has 2 unspecified atom stereocenters. The lowest BCUT2D eigenvalue weighted by molar-refractivity contribution is -0.120. The molecule has 7 nitrogen and oxygen atoms in total. The number of methoxy groups -OCH3 is 2. The number of hydrogen-bond donors (Lipinski definition) is 1. The van der Waals surface area contributed by atoms with Crippen molar-refractivity contribution in [2.24, 2.45) is 7.05 Å². The van der Waals surface area contributed by atoms with Crippen LogP contribution in [-0.2, 0) is 11.8 Å². The summed E-state index contributed by atoms with van der Waals surface area (Å²) in [5.74, 6) is 1.34. The minimum atomic E-state index is -0.299. The molecule has 2 rings (SSSR count). The van der Waals surface area contributed by atoms with Gasteiger partial charge in [0.1, 0.15) is 17.8 Å². The number of aromatic nitrogens is 3. The molecule has 1 aromatic heterocycles. The lowest BCUT2D eigenvalue weighted by atomic mass is 10.1. The lowest BCUT2D eigenvalue weighted by Gasteiger charge is -2.20. The normalized spacial score (nSPS) is 13.2. The van der Waals surface area contributed by atoms with Gasteiger partial charge in [0.05, 0.1) is 25.5 Å². The average molecular weight is 350 g/mol. The summed E-state index contributed by atoms with van der Waals surface area (Å²) in [7, 11) is 5.05. The first-order valence-electron chi connectivity index (χ1n) is 7.49. The standard InChI is InChI=1S/C16H22N4O3S/c1-10(13-8-12(22-4)6-7-14(13)23-5)18-15(21)11(2)24-16-19-17-9-20(16)3/h6-11H,1-5H3,(H,18,21). The Balaban J connectivity index is 2.06. The van der Waals surface area contributed by atoms with E-state index in [4.69, 9.17) is 9.47 Å². The van der Waals surface area contributed by atoms with Crippen LogP contribution in [0.4, 0.5) is 0 Å². The number of ether oxygens (including phenoxy) is 2. The van der Waals surface area contributed by atoms with Gasteiger partial charge in [-0.2, -0.15) is 0 Å². The third-order valence-electron chi connectivity index (χ3n) is 3.58. The number of benzene rings is 1. The molecule has 0 aliphatic rings. The SMILES string of the molecule is COc1ccc(OC)c(C(C)NC(=O)C(C)Sc2nncn2C)c1. The number of nitrogens with zero attached hydrogens (tertiary/aromatic N) is 3. The number of amides is 1. The van der Waals surface area contributed by atoms with Crippen molar-refractivity contribution in [3.8, 4) is 11.5 Å². The van der Waals surface area contributed by atoms with Gasteiger partial charge in [0.2, 0.25) is 5.91 Å². The quantitative estimate of drug-likeness (QED) is 0.771. The van der Waals surface area contributed by atoms with Gasteiger partial charge in [0.15, 0.2) is 5.16 Å². The molecule has 0 saturated heterocycles. The van der Waals surface area contributed by atoms with Crippen molar-refractivity contribution in [1.29, 1.82) is 0 Å². The molecular formula is C16H22N4O3S. The molecule has 0 bridgehead atoms. The van der Waals surface area contributed by atoms with Gasteiger partial charge in [-0.15, -0.1) is 10.2 Å². The van der Waals surface area contributed by atoms with E-state index in [2.05, 4.69) is 15.5 Å². The van der Waals surface area contributed by atoms with Crippen LogP contribution in [0.5, 0.6) is 11.5 Å². The summed E-state index contributed by atoms with van der Waals surface area (Å²) in [5.41, 5.74) is 0.862. The van der Waals surface area contributed by atoms with Gasteiger partial charge >= 0.3 is 0 Å². The van der Waals surface area contributed by atoms with Crippen molar-refractivity contribution in [2.45, 2.75) is 30.3 Å². The van der Waals surface area contributed by atoms with Gasteiger partial charge in [0, 0.05) is 12.6 Å². The molecule has 0 aliphatic heterocycles. The van der Waals surface area contributed by atoms with Crippen LogP contribution in [0.25, 0.3) is 0 Å². The zero-order valence-corrected chi connectivity index (χ0v) is 15.3. The van der Waals surface area contributed by atoms with E-state index in [1.807, 2.05) is 39.1 Å². The van der Waals surface area contributed by atoms with E-state index < -0.39 is 0 Å². The molecular weight excluding hydrogens is 328 g/mol. The minimum Gasteiger partial charge on any atom is -0.497 e. The summed E-state index contributed by atoms with van der Waals surface area (Å²) in [6.07, 6.45) is 1.61. The van der Waals surface area contributed by atoms with E-state index in [1.54, 1.807) is 25.1 Å². The highest BCUT2D eigenvalue weighted by Crippen LogP contribution is 2.29. The Morgan fingerprint density at radius 3 is 2.62 bits per heavy atom. The van der Waals surface area contributed by atoms with Crippen LogP contribution < -0.4 is 14.8 Å². The Hall–Kier alpha value is -2.22. The largest absolute Gasteiger partial charge is 0.497 e. The lowest BCUT2D eigenvalue weighted by Crippen LogP contribution is -2.33. The Kier molecular flexibility index (Phi) is 6.08. The second kappa shape index (κ2) is 8.05. The maximum absolute atomic E-state index is 12.5. The number of hydrogen-bond acceptors (Lipinski definition) is 6. The van der Waals surface area contributed by atoms with Gasteiger partial charge in [-0.25, -0.2) is 0 Å². The van der Waals surface area contributed by atoms with Crippen molar-refractivity contribution in [3.63, 3.8) is 0 Å². The zero-order chi connectivity index (χ0) is 17.7. The van der Waals surface area contributed by atoms with Crippen molar-refractivity contribution >= 4 is 17.7 Å². The van der Waals surface area contributed by atoms with Crippen LogP contribution in [0.3, 0.4) is 0 Å². The Labute approximate surface area is 145 Å². The second-order valence-corrected chi connectivity index (χ2v) is 6.63. The summed E-state index contributed by atoms with van der Waals surface area (Å²) in [6, 6.07) is 5.30. The summed E-state index contributed by atoms with van der Waals surface area (Å²) < 4.78 is 12.4. The number of thioether (sulfide) groups is 1. The number of carbonyl (C=O) groups is 1. The minimum absolute atomic E-state index is 0.0830. The van der Waals surface area contributed by atoms with E-state index in [0.717, 1.165) is 5.56 Å². The molecule has 130 valence electrons. The molecule has 1 aromatic carbocycles. The Morgan fingerprint density at radius 2 is 2.04 bits per heavy atom. The first-order chi connectivity index (χ1) is 11.5. The smallest absolute Gasteiger partial charge is 0.233 e. The molecule has 0 fully saturated rings. The first-order valence-corrected chi connectivity index (χ1v) is 8.37. The van der Waals surface area contributed by atoms with Crippen LogP contribution in [-0.4, -0.2) is 40.1 Å². The van der Waals surface area contributed by atoms with Crippen LogP contribution in [0.15, 0.2) is 29.7 Å². The molecule has 1 heterocycles. The highest BCUT2D eigenvalue weighted by Gasteiger charge is 2.21. The van der Waals surface area contributed by atoms with Crippen LogP contribution in [0.2, 0.25) is 0 Å². The fourth-order valence-electron chi connectivity index (χ4n) is 2.18. The fourth-order valence-corrected chi connectivity index (χ4v) is 2.98. The van der Waals surface area contributed by atoms with E-state index in [9.17, 15) is 4.79 Å². The third kappa shape index (κ3) is 4.19. The number of aryl methyl sites for hydroxylation is 1. The Bertz CT molecular complexity index is 704. The molecule has 1 amide bonds. The molecule has 0 saturated carbocycles. The maximum atomic E-state index is 12.5. The van der Waals surface area contributed by atoms with Gasteiger partial charge < -0.3 is 19.4 Å². The van der Waals surface area contributed by atoms with Gasteiger partial charge in [-0.05, 0) is 32.0 Å². The summed E-state index contributed by atoms with van der Waals surface area (Å²) in [5, 5.41) is 11.2. The van der Waals surface area contributed by atoms with Gasteiger partial charge in [0.25, 0.3) is 0 Å². The molecule has 1 N–H and O–H groups in total. The number of carbonyl (C=O) groups excluding carboxylic acids is 1. The van der Waals surface area contributed by atoms with Gasteiger partial charge in [-0.1, -0.05) is 11.8 Å². The van der Waals surface area contributed by atoms with E-state index in [-0.39, 0.29) is 17.2 Å². The molecule has 24 heavy (non-hydrogen) atoms. The average Bonchev–Trinajstić information content (AvgIpc) is 2.98. The monoisotopic (exact) mass is 350 g/mol. The van der Waals surface area contributed by atoms with E-state index >= 15 is 0 Å². The number of rotatable bonds is 7. The van der Waals surface area contributed by atoms with Crippen LogP contribution in [0, 0.1) is 0 Å². The van der Waals surface area contributed by atoms with Crippen molar-refractivity contribution in [3.05, 3.63) is 30.1 Å². The van der Waals surface area contributed by atoms with E-state index in [0.29, 0.717) is 16.7 Å². The van der Waals surface area contributed by atoms with E-state index in [1.165, 1.54) is 11.8 Å².